The minimum Gasteiger partial charge on any atom is -0.497 e. The third-order valence-electron chi connectivity index (χ3n) is 2.73. The summed E-state index contributed by atoms with van der Waals surface area (Å²) in [5, 5.41) is 7.91. The molecule has 1 atom stereocenters. The average molecular weight is 221 g/mol. The van der Waals surface area contributed by atoms with Gasteiger partial charge in [-0.05, 0) is 17.7 Å². The van der Waals surface area contributed by atoms with Crippen molar-refractivity contribution < 1.29 is 9.47 Å². The van der Waals surface area contributed by atoms with E-state index in [1.54, 1.807) is 14.2 Å². The number of benzene rings is 1. The monoisotopic (exact) mass is 221 g/mol. The van der Waals surface area contributed by atoms with Crippen molar-refractivity contribution in [2.75, 3.05) is 33.9 Å². The molecule has 1 N–H and O–H groups in total. The van der Waals surface area contributed by atoms with Crippen molar-refractivity contribution in [3.05, 3.63) is 23.8 Å². The second kappa shape index (κ2) is 5.18. The molecule has 0 amide bonds. The van der Waals surface area contributed by atoms with Gasteiger partial charge in [0.05, 0.1) is 20.3 Å². The summed E-state index contributed by atoms with van der Waals surface area (Å²) < 4.78 is 10.5. The van der Waals surface area contributed by atoms with E-state index in [-0.39, 0.29) is 6.04 Å². The van der Waals surface area contributed by atoms with Gasteiger partial charge >= 0.3 is 0 Å². The standard InChI is InChI=1S/C12H17N2O2/c1-15-10-5-9(6-11(7-10)16-2)12-8-13-3-4-14-12/h5-7,12-13H,3-4,8H2,1-2H3. The van der Waals surface area contributed by atoms with Crippen LogP contribution in [0.2, 0.25) is 0 Å². The topological polar surface area (TPSA) is 44.6 Å². The van der Waals surface area contributed by atoms with Crippen LogP contribution in [0.25, 0.3) is 0 Å². The maximum absolute atomic E-state index is 5.25. The van der Waals surface area contributed by atoms with Gasteiger partial charge < -0.3 is 14.8 Å². The van der Waals surface area contributed by atoms with Gasteiger partial charge in [-0.25, -0.2) is 5.32 Å². The number of piperazine rings is 1. The van der Waals surface area contributed by atoms with E-state index in [1.807, 2.05) is 18.2 Å². The summed E-state index contributed by atoms with van der Waals surface area (Å²) in [6, 6.07) is 6.12. The van der Waals surface area contributed by atoms with Gasteiger partial charge in [-0.2, -0.15) is 0 Å². The zero-order chi connectivity index (χ0) is 11.4. The van der Waals surface area contributed by atoms with Crippen LogP contribution in [0.15, 0.2) is 18.2 Å². The lowest BCUT2D eigenvalue weighted by Gasteiger charge is -2.23. The summed E-state index contributed by atoms with van der Waals surface area (Å²) in [5.41, 5.74) is 1.14. The molecule has 87 valence electrons. The number of nitrogens with zero attached hydrogens (tertiary/aromatic N) is 1. The highest BCUT2D eigenvalue weighted by atomic mass is 16.5. The minimum atomic E-state index is 0.206. The maximum atomic E-state index is 5.25. The Morgan fingerprint density at radius 2 is 1.88 bits per heavy atom. The predicted molar refractivity (Wildman–Crippen MR) is 62.2 cm³/mol. The maximum Gasteiger partial charge on any atom is 0.122 e. The summed E-state index contributed by atoms with van der Waals surface area (Å²) in [6.45, 7) is 2.72. The Kier molecular flexibility index (Phi) is 3.64. The number of ether oxygens (including phenoxy) is 2. The third kappa shape index (κ3) is 2.46. The predicted octanol–water partition coefficient (Wildman–Crippen LogP) is 0.952. The molecule has 1 aromatic carbocycles. The van der Waals surface area contributed by atoms with Crippen molar-refractivity contribution in [2.45, 2.75) is 6.04 Å². The van der Waals surface area contributed by atoms with Gasteiger partial charge in [-0.15, -0.1) is 0 Å². The molecule has 0 bridgehead atoms. The minimum absolute atomic E-state index is 0.206. The van der Waals surface area contributed by atoms with Gasteiger partial charge in [0.1, 0.15) is 11.5 Å². The second-order valence-electron chi connectivity index (χ2n) is 3.77. The first-order valence-corrected chi connectivity index (χ1v) is 5.44. The molecule has 1 aliphatic rings. The lowest BCUT2D eigenvalue weighted by Crippen LogP contribution is -2.38. The van der Waals surface area contributed by atoms with Gasteiger partial charge in [0.15, 0.2) is 0 Å². The fourth-order valence-electron chi connectivity index (χ4n) is 1.85. The molecule has 4 heteroatoms. The average Bonchev–Trinajstić information content (AvgIpc) is 2.39. The number of rotatable bonds is 3. The first-order chi connectivity index (χ1) is 7.83. The van der Waals surface area contributed by atoms with E-state index in [0.717, 1.165) is 36.7 Å². The molecule has 0 aliphatic carbocycles. The quantitative estimate of drug-likeness (QED) is 0.826. The molecule has 0 spiro atoms. The van der Waals surface area contributed by atoms with Crippen LogP contribution >= 0.6 is 0 Å². The number of hydrogen-bond acceptors (Lipinski definition) is 3. The Bertz CT molecular complexity index is 327. The van der Waals surface area contributed by atoms with Crippen molar-refractivity contribution >= 4 is 0 Å². The van der Waals surface area contributed by atoms with Crippen molar-refractivity contribution in [3.63, 3.8) is 0 Å². The van der Waals surface area contributed by atoms with Gasteiger partial charge in [0.2, 0.25) is 0 Å². The molecule has 1 aromatic rings. The molecule has 2 rings (SSSR count). The number of hydrogen-bond donors (Lipinski definition) is 1. The summed E-state index contributed by atoms with van der Waals surface area (Å²) in [5.74, 6) is 1.63. The summed E-state index contributed by atoms with van der Waals surface area (Å²) in [7, 11) is 3.32. The fraction of sp³-hybridized carbons (Fsp3) is 0.500. The Labute approximate surface area is 95.9 Å². The van der Waals surface area contributed by atoms with E-state index < -0.39 is 0 Å². The fourth-order valence-corrected chi connectivity index (χ4v) is 1.85. The highest BCUT2D eigenvalue weighted by Crippen LogP contribution is 2.27. The van der Waals surface area contributed by atoms with Gasteiger partial charge in [0.25, 0.3) is 0 Å². The molecule has 0 saturated carbocycles. The number of methoxy groups -OCH3 is 2. The first kappa shape index (κ1) is 11.2. The third-order valence-corrected chi connectivity index (χ3v) is 2.73. The number of nitrogens with one attached hydrogen (secondary N) is 1. The molecule has 16 heavy (non-hydrogen) atoms. The molecule has 1 unspecified atom stereocenters. The van der Waals surface area contributed by atoms with Crippen LogP contribution in [0, 0.1) is 0 Å². The van der Waals surface area contributed by atoms with Crippen LogP contribution in [0.4, 0.5) is 0 Å². The Hall–Kier alpha value is -1.26. The summed E-state index contributed by atoms with van der Waals surface area (Å²) in [4.78, 5) is 0. The molecular formula is C12H17N2O2. The lowest BCUT2D eigenvalue weighted by atomic mass is 10.0. The lowest BCUT2D eigenvalue weighted by molar-refractivity contribution is 0.385. The molecule has 1 saturated heterocycles. The van der Waals surface area contributed by atoms with E-state index >= 15 is 0 Å². The van der Waals surface area contributed by atoms with Gasteiger partial charge in [0, 0.05) is 25.7 Å². The van der Waals surface area contributed by atoms with Crippen LogP contribution in [-0.4, -0.2) is 33.9 Å². The molecule has 0 aromatic heterocycles. The molecule has 4 nitrogen and oxygen atoms in total. The molecule has 1 heterocycles. The van der Waals surface area contributed by atoms with Crippen molar-refractivity contribution in [3.8, 4) is 11.5 Å². The van der Waals surface area contributed by atoms with Crippen LogP contribution in [0.5, 0.6) is 11.5 Å². The van der Waals surface area contributed by atoms with E-state index in [0.29, 0.717) is 0 Å². The summed E-state index contributed by atoms with van der Waals surface area (Å²) >= 11 is 0. The van der Waals surface area contributed by atoms with Gasteiger partial charge in [-0.1, -0.05) is 0 Å². The second-order valence-corrected chi connectivity index (χ2v) is 3.77. The molecule has 1 radical (unpaired) electrons. The van der Waals surface area contributed by atoms with Crippen molar-refractivity contribution in [1.82, 2.24) is 10.6 Å². The highest BCUT2D eigenvalue weighted by molar-refractivity contribution is 5.40. The van der Waals surface area contributed by atoms with E-state index in [2.05, 4.69) is 10.6 Å². The van der Waals surface area contributed by atoms with Crippen molar-refractivity contribution in [2.24, 2.45) is 0 Å². The zero-order valence-corrected chi connectivity index (χ0v) is 9.69. The molecule has 1 fully saturated rings. The largest absolute Gasteiger partial charge is 0.497 e. The Balaban J connectivity index is 2.24. The summed E-state index contributed by atoms with van der Waals surface area (Å²) in [6.07, 6.45) is 0. The Morgan fingerprint density at radius 3 is 2.38 bits per heavy atom. The van der Waals surface area contributed by atoms with Crippen LogP contribution < -0.4 is 20.1 Å². The zero-order valence-electron chi connectivity index (χ0n) is 9.69. The highest BCUT2D eigenvalue weighted by Gasteiger charge is 2.17. The van der Waals surface area contributed by atoms with Crippen LogP contribution in [-0.2, 0) is 0 Å². The SMILES string of the molecule is COc1cc(OC)cc(C2CNCC[N]2)c1. The normalized spacial score (nSPS) is 20.5. The van der Waals surface area contributed by atoms with E-state index in [4.69, 9.17) is 9.47 Å². The molecule has 1 aliphatic heterocycles. The van der Waals surface area contributed by atoms with E-state index in [9.17, 15) is 0 Å². The van der Waals surface area contributed by atoms with Crippen LogP contribution in [0.3, 0.4) is 0 Å². The van der Waals surface area contributed by atoms with Gasteiger partial charge in [-0.3, -0.25) is 0 Å². The van der Waals surface area contributed by atoms with Crippen molar-refractivity contribution in [1.29, 1.82) is 0 Å². The Morgan fingerprint density at radius 1 is 1.19 bits per heavy atom. The first-order valence-electron chi connectivity index (χ1n) is 5.44. The smallest absolute Gasteiger partial charge is 0.122 e. The van der Waals surface area contributed by atoms with E-state index in [1.165, 1.54) is 0 Å². The van der Waals surface area contributed by atoms with Crippen LogP contribution in [0.1, 0.15) is 11.6 Å². The molecular weight excluding hydrogens is 204 g/mol.